The van der Waals surface area contributed by atoms with Gasteiger partial charge in [-0.25, -0.2) is 12.4 Å². The molecule has 5 rings (SSSR count). The topological polar surface area (TPSA) is 65.9 Å². The van der Waals surface area contributed by atoms with Gasteiger partial charge in [0.15, 0.2) is 0 Å². The summed E-state index contributed by atoms with van der Waals surface area (Å²) in [5.41, 5.74) is 3.43. The first-order chi connectivity index (χ1) is 14.8. The Labute approximate surface area is 182 Å². The van der Waals surface area contributed by atoms with Crippen LogP contribution in [0.1, 0.15) is 12.5 Å². The van der Waals surface area contributed by atoms with Gasteiger partial charge in [0.25, 0.3) is 10.0 Å². The van der Waals surface area contributed by atoms with Crippen molar-refractivity contribution in [3.8, 4) is 0 Å². The molecule has 2 aliphatic heterocycles. The molecule has 0 bridgehead atoms. The zero-order valence-electron chi connectivity index (χ0n) is 17.8. The molecule has 0 atom stereocenters. The zero-order valence-corrected chi connectivity index (χ0v) is 18.6. The van der Waals surface area contributed by atoms with Crippen molar-refractivity contribution >= 4 is 38.2 Å². The average molecular weight is 439 g/mol. The van der Waals surface area contributed by atoms with Crippen molar-refractivity contribution in [3.63, 3.8) is 0 Å². The van der Waals surface area contributed by atoms with E-state index in [1.807, 2.05) is 18.2 Å². The van der Waals surface area contributed by atoms with Gasteiger partial charge in [-0.2, -0.15) is 0 Å². The molecular formula is C23H26N4O3S. The molecule has 1 amide bonds. The number of carbonyl (C=O) groups is 1. The summed E-state index contributed by atoms with van der Waals surface area (Å²) in [5, 5.41) is 0.894. The first-order valence-electron chi connectivity index (χ1n) is 10.6. The van der Waals surface area contributed by atoms with Crippen molar-refractivity contribution in [2.75, 3.05) is 49.6 Å². The van der Waals surface area contributed by atoms with Crippen LogP contribution in [-0.4, -0.2) is 63.0 Å². The van der Waals surface area contributed by atoms with E-state index in [-0.39, 0.29) is 10.8 Å². The molecule has 1 aromatic heterocycles. The van der Waals surface area contributed by atoms with Gasteiger partial charge in [-0.1, -0.05) is 6.07 Å². The van der Waals surface area contributed by atoms with Crippen LogP contribution in [-0.2, 0) is 21.2 Å². The minimum atomic E-state index is -3.75. The summed E-state index contributed by atoms with van der Waals surface area (Å²) in [7, 11) is -1.64. The molecule has 1 saturated heterocycles. The molecule has 0 N–H and O–H groups in total. The van der Waals surface area contributed by atoms with E-state index in [1.165, 1.54) is 10.9 Å². The zero-order chi connectivity index (χ0) is 21.8. The van der Waals surface area contributed by atoms with Crippen molar-refractivity contribution in [3.05, 3.63) is 54.2 Å². The molecule has 0 unspecified atom stereocenters. The van der Waals surface area contributed by atoms with E-state index < -0.39 is 10.0 Å². The second kappa shape index (κ2) is 7.39. The van der Waals surface area contributed by atoms with Gasteiger partial charge in [-0.3, -0.25) is 4.79 Å². The van der Waals surface area contributed by atoms with E-state index in [9.17, 15) is 13.2 Å². The van der Waals surface area contributed by atoms with Crippen molar-refractivity contribution in [2.45, 2.75) is 18.2 Å². The summed E-state index contributed by atoms with van der Waals surface area (Å²) in [6.45, 7) is 5.95. The largest absolute Gasteiger partial charge is 0.369 e. The smallest absolute Gasteiger partial charge is 0.268 e. The molecule has 162 valence electrons. The molecular weight excluding hydrogens is 412 g/mol. The normalized spacial score (nSPS) is 17.4. The number of nitrogens with zero attached hydrogens (tertiary/aromatic N) is 4. The third kappa shape index (κ3) is 3.40. The van der Waals surface area contributed by atoms with Gasteiger partial charge < -0.3 is 14.7 Å². The van der Waals surface area contributed by atoms with Gasteiger partial charge in [-0.05, 0) is 55.4 Å². The predicted octanol–water partition coefficient (Wildman–Crippen LogP) is 2.54. The molecule has 2 aliphatic rings. The second-order valence-electron chi connectivity index (χ2n) is 8.36. The molecule has 0 spiro atoms. The van der Waals surface area contributed by atoms with Crippen molar-refractivity contribution in [1.82, 2.24) is 8.87 Å². The van der Waals surface area contributed by atoms with Crippen LogP contribution in [0.5, 0.6) is 0 Å². The highest BCUT2D eigenvalue weighted by Gasteiger charge is 2.26. The monoisotopic (exact) mass is 438 g/mol. The predicted molar refractivity (Wildman–Crippen MR) is 122 cm³/mol. The fourth-order valence-corrected chi connectivity index (χ4v) is 5.94. The Morgan fingerprint density at radius 1 is 0.935 bits per heavy atom. The quantitative estimate of drug-likeness (QED) is 0.629. The number of carbonyl (C=O) groups excluding carboxylic acids is 1. The number of benzene rings is 2. The van der Waals surface area contributed by atoms with Crippen LogP contribution in [0.15, 0.2) is 53.6 Å². The molecule has 2 aromatic carbocycles. The average Bonchev–Trinajstić information content (AvgIpc) is 3.38. The minimum Gasteiger partial charge on any atom is -0.369 e. The van der Waals surface area contributed by atoms with Crippen LogP contribution in [0.3, 0.4) is 0 Å². The Morgan fingerprint density at radius 2 is 1.71 bits per heavy atom. The lowest BCUT2D eigenvalue weighted by Gasteiger charge is -2.34. The lowest BCUT2D eigenvalue weighted by Crippen LogP contribution is -2.44. The number of aromatic nitrogens is 1. The van der Waals surface area contributed by atoms with Crippen LogP contribution in [0.25, 0.3) is 10.9 Å². The molecule has 0 radical (unpaired) electrons. The van der Waals surface area contributed by atoms with Gasteiger partial charge in [0.05, 0.1) is 10.4 Å². The number of piperazine rings is 1. The number of rotatable bonds is 3. The van der Waals surface area contributed by atoms with E-state index in [4.69, 9.17) is 0 Å². The van der Waals surface area contributed by atoms with Gasteiger partial charge in [0, 0.05) is 62.6 Å². The fourth-order valence-electron chi connectivity index (χ4n) is 4.54. The number of amides is 1. The molecule has 0 aliphatic carbocycles. The van der Waals surface area contributed by atoms with Gasteiger partial charge >= 0.3 is 0 Å². The Bertz CT molecular complexity index is 1270. The Morgan fingerprint density at radius 3 is 2.45 bits per heavy atom. The maximum Gasteiger partial charge on any atom is 0.268 e. The fraction of sp³-hybridized carbons (Fsp3) is 0.348. The summed E-state index contributed by atoms with van der Waals surface area (Å²) < 4.78 is 28.4. The van der Waals surface area contributed by atoms with Gasteiger partial charge in [0.1, 0.15) is 0 Å². The van der Waals surface area contributed by atoms with E-state index in [0.29, 0.717) is 18.5 Å². The highest BCUT2D eigenvalue weighted by Crippen LogP contribution is 2.32. The summed E-state index contributed by atoms with van der Waals surface area (Å²) in [6, 6.07) is 12.9. The molecule has 3 heterocycles. The molecule has 1 fully saturated rings. The Hall–Kier alpha value is -2.84. The number of hydrogen-bond donors (Lipinski definition) is 0. The SMILES string of the molecule is CC(=O)N1CCc2cc(S(=O)(=O)n3ccc4ccc(N5CCN(C)CC5)cc43)ccc21. The summed E-state index contributed by atoms with van der Waals surface area (Å²) in [4.78, 5) is 18.3. The number of anilines is 2. The summed E-state index contributed by atoms with van der Waals surface area (Å²) in [5.74, 6) is -0.0257. The van der Waals surface area contributed by atoms with E-state index >= 15 is 0 Å². The van der Waals surface area contributed by atoms with Crippen molar-refractivity contribution in [1.29, 1.82) is 0 Å². The molecule has 31 heavy (non-hydrogen) atoms. The first-order valence-corrected chi connectivity index (χ1v) is 12.0. The Balaban J connectivity index is 1.53. The van der Waals surface area contributed by atoms with Crippen LogP contribution < -0.4 is 9.80 Å². The van der Waals surface area contributed by atoms with Crippen LogP contribution in [0, 0.1) is 0 Å². The minimum absolute atomic E-state index is 0.0257. The van der Waals surface area contributed by atoms with E-state index in [2.05, 4.69) is 22.9 Å². The van der Waals surface area contributed by atoms with E-state index in [0.717, 1.165) is 48.5 Å². The maximum absolute atomic E-state index is 13.5. The molecule has 3 aromatic rings. The van der Waals surface area contributed by atoms with Crippen LogP contribution in [0.4, 0.5) is 11.4 Å². The summed E-state index contributed by atoms with van der Waals surface area (Å²) in [6.07, 6.45) is 2.29. The molecule has 7 nitrogen and oxygen atoms in total. The van der Waals surface area contributed by atoms with E-state index in [1.54, 1.807) is 29.3 Å². The third-order valence-corrected chi connectivity index (χ3v) is 8.08. The van der Waals surface area contributed by atoms with Crippen molar-refractivity contribution < 1.29 is 13.2 Å². The summed E-state index contributed by atoms with van der Waals surface area (Å²) >= 11 is 0. The Kier molecular flexibility index (Phi) is 4.79. The lowest BCUT2D eigenvalue weighted by molar-refractivity contribution is -0.116. The highest BCUT2D eigenvalue weighted by molar-refractivity contribution is 7.90. The number of likely N-dealkylation sites (N-methyl/N-ethyl adjacent to an activating group) is 1. The third-order valence-electron chi connectivity index (χ3n) is 6.39. The molecule has 8 heteroatoms. The second-order valence-corrected chi connectivity index (χ2v) is 10.2. The lowest BCUT2D eigenvalue weighted by atomic mass is 10.2. The van der Waals surface area contributed by atoms with Crippen LogP contribution >= 0.6 is 0 Å². The number of hydrogen-bond acceptors (Lipinski definition) is 5. The van der Waals surface area contributed by atoms with Crippen molar-refractivity contribution in [2.24, 2.45) is 0 Å². The standard InChI is InChI=1S/C23H26N4O3S/c1-17(28)26-9-7-19-15-21(5-6-22(19)26)31(29,30)27-10-8-18-3-4-20(16-23(18)27)25-13-11-24(2)12-14-25/h3-6,8,10,15-16H,7,9,11-14H2,1-2H3. The molecule has 0 saturated carbocycles. The van der Waals surface area contributed by atoms with Gasteiger partial charge in [-0.15, -0.1) is 0 Å². The maximum atomic E-state index is 13.5. The van der Waals surface area contributed by atoms with Gasteiger partial charge in [0.2, 0.25) is 5.91 Å². The first kappa shape index (κ1) is 20.1. The van der Waals surface area contributed by atoms with Crippen LogP contribution in [0.2, 0.25) is 0 Å². The highest BCUT2D eigenvalue weighted by atomic mass is 32.2. The number of fused-ring (bicyclic) bond motifs is 2.